The predicted molar refractivity (Wildman–Crippen MR) is 65.6 cm³/mol. The number of aromatic nitrogens is 2. The fourth-order valence-corrected chi connectivity index (χ4v) is 1.76. The Hall–Kier alpha value is -1.29. The lowest BCUT2D eigenvalue weighted by Gasteiger charge is -2.18. The smallest absolute Gasteiger partial charge is 0.161 e. The molecule has 0 aliphatic carbocycles. The zero-order valence-corrected chi connectivity index (χ0v) is 10.4. The van der Waals surface area contributed by atoms with Gasteiger partial charge in [0.15, 0.2) is 5.75 Å². The fourth-order valence-electron chi connectivity index (χ4n) is 1.76. The van der Waals surface area contributed by atoms with E-state index in [1.807, 2.05) is 17.8 Å². The van der Waals surface area contributed by atoms with Crippen molar-refractivity contribution >= 4 is 0 Å². The van der Waals surface area contributed by atoms with Crippen LogP contribution in [0.2, 0.25) is 0 Å². The number of nitrogens with zero attached hydrogens (tertiary/aromatic N) is 2. The van der Waals surface area contributed by atoms with Gasteiger partial charge in [-0.3, -0.25) is 4.68 Å². The summed E-state index contributed by atoms with van der Waals surface area (Å²) in [6.07, 6.45) is 5.64. The maximum absolute atomic E-state index is 5.32. The van der Waals surface area contributed by atoms with Gasteiger partial charge in [-0.2, -0.15) is 5.10 Å². The van der Waals surface area contributed by atoms with Crippen LogP contribution in [0.25, 0.3) is 0 Å². The van der Waals surface area contributed by atoms with E-state index >= 15 is 0 Å². The molecule has 0 spiro atoms. The highest BCUT2D eigenvalue weighted by molar-refractivity contribution is 5.28. The van der Waals surface area contributed by atoms with Gasteiger partial charge in [0, 0.05) is 7.05 Å². The lowest BCUT2D eigenvalue weighted by Crippen LogP contribution is -2.24. The first-order valence-corrected chi connectivity index (χ1v) is 5.64. The molecule has 1 N–H and O–H groups in total. The summed E-state index contributed by atoms with van der Waals surface area (Å²) in [5.74, 6) is 0.831. The van der Waals surface area contributed by atoms with Crippen LogP contribution in [0.3, 0.4) is 0 Å². The topological polar surface area (TPSA) is 39.1 Å². The van der Waals surface area contributed by atoms with Crippen molar-refractivity contribution in [3.8, 4) is 5.75 Å². The molecule has 0 aliphatic rings. The average molecular weight is 223 g/mol. The molecular weight excluding hydrogens is 202 g/mol. The fraction of sp³-hybridized carbons (Fsp3) is 0.583. The minimum Gasteiger partial charge on any atom is -0.493 e. The Morgan fingerprint density at radius 3 is 3.00 bits per heavy atom. The maximum atomic E-state index is 5.32. The molecule has 0 saturated carbocycles. The number of methoxy groups -OCH3 is 1. The lowest BCUT2D eigenvalue weighted by molar-refractivity contribution is 0.393. The SMILES string of the molecule is C=CCC(NCCC)c1c(OC)cnn1C. The second-order valence-corrected chi connectivity index (χ2v) is 3.75. The molecule has 1 rings (SSSR count). The number of hydrogen-bond donors (Lipinski definition) is 1. The molecular formula is C12H21N3O. The molecule has 1 heterocycles. The maximum Gasteiger partial charge on any atom is 0.161 e. The second kappa shape index (κ2) is 6.33. The Bertz CT molecular complexity index is 333. The van der Waals surface area contributed by atoms with Crippen LogP contribution in [0.4, 0.5) is 0 Å². The summed E-state index contributed by atoms with van der Waals surface area (Å²) in [6, 6.07) is 0.222. The van der Waals surface area contributed by atoms with Crippen LogP contribution in [0.5, 0.6) is 5.75 Å². The van der Waals surface area contributed by atoms with E-state index in [1.54, 1.807) is 13.3 Å². The Morgan fingerprint density at radius 2 is 2.44 bits per heavy atom. The summed E-state index contributed by atoms with van der Waals surface area (Å²) in [7, 11) is 3.60. The van der Waals surface area contributed by atoms with Gasteiger partial charge in [-0.15, -0.1) is 6.58 Å². The second-order valence-electron chi connectivity index (χ2n) is 3.75. The summed E-state index contributed by atoms with van der Waals surface area (Å²) < 4.78 is 7.17. The number of ether oxygens (including phenoxy) is 1. The first-order chi connectivity index (χ1) is 7.74. The molecule has 1 atom stereocenters. The molecule has 0 aromatic carbocycles. The van der Waals surface area contributed by atoms with Crippen molar-refractivity contribution in [3.63, 3.8) is 0 Å². The van der Waals surface area contributed by atoms with Crippen molar-refractivity contribution in [2.45, 2.75) is 25.8 Å². The van der Waals surface area contributed by atoms with Gasteiger partial charge >= 0.3 is 0 Å². The van der Waals surface area contributed by atoms with Crippen LogP contribution in [-0.4, -0.2) is 23.4 Å². The average Bonchev–Trinajstić information content (AvgIpc) is 2.66. The van der Waals surface area contributed by atoms with E-state index in [4.69, 9.17) is 4.74 Å². The number of nitrogens with one attached hydrogen (secondary N) is 1. The monoisotopic (exact) mass is 223 g/mol. The summed E-state index contributed by atoms with van der Waals surface area (Å²) >= 11 is 0. The normalized spacial score (nSPS) is 12.4. The zero-order chi connectivity index (χ0) is 12.0. The van der Waals surface area contributed by atoms with Crippen LogP contribution in [0.1, 0.15) is 31.5 Å². The molecule has 1 unspecified atom stereocenters. The van der Waals surface area contributed by atoms with Crippen LogP contribution in [0, 0.1) is 0 Å². The minimum atomic E-state index is 0.222. The van der Waals surface area contributed by atoms with Crippen molar-refractivity contribution < 1.29 is 4.74 Å². The van der Waals surface area contributed by atoms with Crippen molar-refractivity contribution in [2.24, 2.45) is 7.05 Å². The Kier molecular flexibility index (Phi) is 5.05. The van der Waals surface area contributed by atoms with E-state index in [1.165, 1.54) is 0 Å². The van der Waals surface area contributed by atoms with Gasteiger partial charge in [-0.05, 0) is 19.4 Å². The van der Waals surface area contributed by atoms with E-state index in [2.05, 4.69) is 23.9 Å². The van der Waals surface area contributed by atoms with Gasteiger partial charge in [0.1, 0.15) is 0 Å². The molecule has 16 heavy (non-hydrogen) atoms. The van der Waals surface area contributed by atoms with E-state index in [9.17, 15) is 0 Å². The number of rotatable bonds is 7. The molecule has 1 aromatic heterocycles. The summed E-state index contributed by atoms with van der Waals surface area (Å²) in [4.78, 5) is 0. The Labute approximate surface area is 97.3 Å². The third kappa shape index (κ3) is 2.85. The van der Waals surface area contributed by atoms with E-state index in [-0.39, 0.29) is 6.04 Å². The van der Waals surface area contributed by atoms with Crippen molar-refractivity contribution in [1.29, 1.82) is 0 Å². The van der Waals surface area contributed by atoms with Gasteiger partial charge in [-0.25, -0.2) is 0 Å². The molecule has 90 valence electrons. The molecule has 0 saturated heterocycles. The van der Waals surface area contributed by atoms with E-state index < -0.39 is 0 Å². The lowest BCUT2D eigenvalue weighted by atomic mass is 10.1. The summed E-state index contributed by atoms with van der Waals surface area (Å²) in [5, 5.41) is 7.69. The molecule has 1 aromatic rings. The largest absolute Gasteiger partial charge is 0.493 e. The van der Waals surface area contributed by atoms with Gasteiger partial charge in [0.25, 0.3) is 0 Å². The summed E-state index contributed by atoms with van der Waals surface area (Å²) in [6.45, 7) is 6.92. The standard InChI is InChI=1S/C12H21N3O/c1-5-7-10(13-8-6-2)12-11(16-4)9-14-15(12)3/h5,9-10,13H,1,6-8H2,2-4H3. The zero-order valence-electron chi connectivity index (χ0n) is 10.4. The van der Waals surface area contributed by atoms with Gasteiger partial charge in [-0.1, -0.05) is 13.0 Å². The van der Waals surface area contributed by atoms with Gasteiger partial charge < -0.3 is 10.1 Å². The molecule has 0 aliphatic heterocycles. The molecule has 4 heteroatoms. The van der Waals surface area contributed by atoms with Gasteiger partial charge in [0.2, 0.25) is 0 Å². The predicted octanol–water partition coefficient (Wildman–Crippen LogP) is 2.05. The van der Waals surface area contributed by atoms with Crippen LogP contribution < -0.4 is 10.1 Å². The Morgan fingerprint density at radius 1 is 1.69 bits per heavy atom. The quantitative estimate of drug-likeness (QED) is 0.719. The highest BCUT2D eigenvalue weighted by Gasteiger charge is 2.18. The summed E-state index contributed by atoms with van der Waals surface area (Å²) in [5.41, 5.74) is 1.08. The number of aryl methyl sites for hydroxylation is 1. The number of hydrogen-bond acceptors (Lipinski definition) is 3. The third-order valence-corrected chi connectivity index (χ3v) is 2.54. The highest BCUT2D eigenvalue weighted by Crippen LogP contribution is 2.26. The van der Waals surface area contributed by atoms with Gasteiger partial charge in [0.05, 0.1) is 25.0 Å². The van der Waals surface area contributed by atoms with Crippen LogP contribution in [0.15, 0.2) is 18.9 Å². The van der Waals surface area contributed by atoms with Crippen LogP contribution in [-0.2, 0) is 7.05 Å². The van der Waals surface area contributed by atoms with Crippen molar-refractivity contribution in [3.05, 3.63) is 24.5 Å². The van der Waals surface area contributed by atoms with Crippen molar-refractivity contribution in [1.82, 2.24) is 15.1 Å². The van der Waals surface area contributed by atoms with E-state index in [0.29, 0.717) is 0 Å². The first kappa shape index (κ1) is 12.8. The molecule has 0 radical (unpaired) electrons. The Balaban J connectivity index is 2.89. The molecule has 4 nitrogen and oxygen atoms in total. The molecule has 0 amide bonds. The van der Waals surface area contributed by atoms with E-state index in [0.717, 1.165) is 30.8 Å². The highest BCUT2D eigenvalue weighted by atomic mass is 16.5. The third-order valence-electron chi connectivity index (χ3n) is 2.54. The minimum absolute atomic E-state index is 0.222. The first-order valence-electron chi connectivity index (χ1n) is 5.64. The molecule has 0 fully saturated rings. The van der Waals surface area contributed by atoms with Crippen LogP contribution >= 0.6 is 0 Å². The van der Waals surface area contributed by atoms with Crippen molar-refractivity contribution in [2.75, 3.05) is 13.7 Å². The molecule has 0 bridgehead atoms.